The molecular weight excluding hydrogens is 312 g/mol. The van der Waals surface area contributed by atoms with Crippen LogP contribution < -0.4 is 9.47 Å². The Kier molecular flexibility index (Phi) is 6.04. The molecule has 0 atom stereocenters. The Balaban J connectivity index is 2.28. The van der Waals surface area contributed by atoms with Gasteiger partial charge in [0.05, 0.1) is 19.4 Å². The Bertz CT molecular complexity index is 661. The average molecular weight is 334 g/mol. The predicted octanol–water partition coefficient (Wildman–Crippen LogP) is 3.24. The van der Waals surface area contributed by atoms with Crippen LogP contribution in [-0.2, 0) is 6.42 Å². The molecule has 1 aromatic heterocycles. The molecular formula is C16H22N4O2S. The minimum Gasteiger partial charge on any atom is -0.493 e. The van der Waals surface area contributed by atoms with E-state index in [4.69, 9.17) is 9.47 Å². The summed E-state index contributed by atoms with van der Waals surface area (Å²) in [5.74, 6) is 2.24. The highest BCUT2D eigenvalue weighted by atomic mass is 32.2. The lowest BCUT2D eigenvalue weighted by Gasteiger charge is -2.13. The molecule has 2 rings (SSSR count). The van der Waals surface area contributed by atoms with Gasteiger partial charge in [-0.25, -0.2) is 0 Å². The van der Waals surface area contributed by atoms with Gasteiger partial charge in [0.25, 0.3) is 0 Å². The van der Waals surface area contributed by atoms with Crippen molar-refractivity contribution in [2.45, 2.75) is 38.5 Å². The molecule has 0 amide bonds. The fraction of sp³-hybridized carbons (Fsp3) is 0.438. The molecule has 0 spiro atoms. The van der Waals surface area contributed by atoms with E-state index in [0.29, 0.717) is 5.75 Å². The van der Waals surface area contributed by atoms with Crippen molar-refractivity contribution in [3.8, 4) is 11.5 Å². The van der Waals surface area contributed by atoms with Crippen LogP contribution >= 0.6 is 11.8 Å². The molecule has 124 valence electrons. The molecule has 0 aliphatic carbocycles. The van der Waals surface area contributed by atoms with Crippen molar-refractivity contribution in [3.05, 3.63) is 29.6 Å². The number of nitrogens with zero attached hydrogens (tertiary/aromatic N) is 4. The third-order valence-corrected chi connectivity index (χ3v) is 3.67. The lowest BCUT2D eigenvalue weighted by molar-refractivity contribution is 0.230. The molecule has 0 aliphatic rings. The second kappa shape index (κ2) is 8.01. The van der Waals surface area contributed by atoms with Crippen molar-refractivity contribution in [2.75, 3.05) is 13.4 Å². The molecule has 1 aromatic carbocycles. The molecule has 2 aromatic rings. The Morgan fingerprint density at radius 3 is 2.70 bits per heavy atom. The van der Waals surface area contributed by atoms with Crippen LogP contribution in [0.4, 0.5) is 0 Å². The van der Waals surface area contributed by atoms with Crippen LogP contribution in [0.15, 0.2) is 28.5 Å². The molecule has 0 saturated heterocycles. The van der Waals surface area contributed by atoms with Gasteiger partial charge in [0.1, 0.15) is 0 Å². The first-order valence-electron chi connectivity index (χ1n) is 7.46. The summed E-state index contributed by atoms with van der Waals surface area (Å²) >= 11 is 1.51. The van der Waals surface area contributed by atoms with E-state index in [1.807, 2.05) is 45.2 Å². The van der Waals surface area contributed by atoms with Gasteiger partial charge in [0.2, 0.25) is 5.16 Å². The highest BCUT2D eigenvalue weighted by Crippen LogP contribution is 2.28. The number of methoxy groups -OCH3 is 1. The maximum atomic E-state index is 5.72. The van der Waals surface area contributed by atoms with Crippen LogP contribution in [0.2, 0.25) is 0 Å². The van der Waals surface area contributed by atoms with E-state index < -0.39 is 0 Å². The SMILES string of the molecule is CCc1nnc(SC)n1/N=C\c1ccc(OC(C)C)c(OC)c1. The third-order valence-electron chi connectivity index (χ3n) is 3.05. The number of aryl methyl sites for hydroxylation is 1. The Labute approximate surface area is 140 Å². The molecule has 0 N–H and O–H groups in total. The van der Waals surface area contributed by atoms with Crippen molar-refractivity contribution < 1.29 is 9.47 Å². The number of hydrogen-bond donors (Lipinski definition) is 0. The third kappa shape index (κ3) is 4.25. The largest absolute Gasteiger partial charge is 0.493 e. The van der Waals surface area contributed by atoms with E-state index in [1.54, 1.807) is 18.0 Å². The van der Waals surface area contributed by atoms with E-state index in [2.05, 4.69) is 15.3 Å². The number of aromatic nitrogens is 3. The van der Waals surface area contributed by atoms with Crippen LogP contribution in [0.25, 0.3) is 0 Å². The highest BCUT2D eigenvalue weighted by Gasteiger charge is 2.09. The summed E-state index contributed by atoms with van der Waals surface area (Å²) in [7, 11) is 1.63. The molecule has 0 saturated carbocycles. The predicted molar refractivity (Wildman–Crippen MR) is 92.9 cm³/mol. The topological polar surface area (TPSA) is 61.5 Å². The number of rotatable bonds is 7. The zero-order valence-electron chi connectivity index (χ0n) is 14.1. The first-order valence-corrected chi connectivity index (χ1v) is 8.68. The molecule has 0 unspecified atom stereocenters. The maximum absolute atomic E-state index is 5.72. The number of benzene rings is 1. The zero-order chi connectivity index (χ0) is 16.8. The van der Waals surface area contributed by atoms with Crippen molar-refractivity contribution in [3.63, 3.8) is 0 Å². The fourth-order valence-electron chi connectivity index (χ4n) is 2.00. The summed E-state index contributed by atoms with van der Waals surface area (Å²) in [6, 6.07) is 5.73. The van der Waals surface area contributed by atoms with Gasteiger partial charge >= 0.3 is 0 Å². The monoisotopic (exact) mass is 334 g/mol. The molecule has 23 heavy (non-hydrogen) atoms. The van der Waals surface area contributed by atoms with Gasteiger partial charge < -0.3 is 9.47 Å². The van der Waals surface area contributed by atoms with Gasteiger partial charge in [-0.2, -0.15) is 9.78 Å². The van der Waals surface area contributed by atoms with Crippen molar-refractivity contribution in [1.82, 2.24) is 14.9 Å². The average Bonchev–Trinajstić information content (AvgIpc) is 2.95. The van der Waals surface area contributed by atoms with Gasteiger partial charge in [-0.15, -0.1) is 10.2 Å². The van der Waals surface area contributed by atoms with Gasteiger partial charge in [-0.3, -0.25) is 0 Å². The zero-order valence-corrected chi connectivity index (χ0v) is 14.9. The minimum absolute atomic E-state index is 0.0942. The van der Waals surface area contributed by atoms with Gasteiger partial charge in [-0.05, 0) is 43.9 Å². The Morgan fingerprint density at radius 2 is 2.09 bits per heavy atom. The molecule has 1 heterocycles. The number of ether oxygens (including phenoxy) is 2. The molecule has 0 fully saturated rings. The summed E-state index contributed by atoms with van der Waals surface area (Å²) in [4.78, 5) is 0. The summed E-state index contributed by atoms with van der Waals surface area (Å²) in [6.07, 6.45) is 4.59. The Hall–Kier alpha value is -2.02. The second-order valence-electron chi connectivity index (χ2n) is 5.09. The standard InChI is InChI=1S/C16H22N4O2S/c1-6-15-18-19-16(23-5)20(15)17-10-12-7-8-13(22-11(2)3)14(9-12)21-4/h7-11H,6H2,1-5H3/b17-10-. The fourth-order valence-corrected chi connectivity index (χ4v) is 2.45. The van der Waals surface area contributed by atoms with E-state index in [-0.39, 0.29) is 6.10 Å². The molecule has 0 radical (unpaired) electrons. The van der Waals surface area contributed by atoms with Gasteiger partial charge in [-0.1, -0.05) is 18.7 Å². The molecule has 0 bridgehead atoms. The molecule has 7 heteroatoms. The Morgan fingerprint density at radius 1 is 1.30 bits per heavy atom. The first-order chi connectivity index (χ1) is 11.1. The smallest absolute Gasteiger partial charge is 0.211 e. The van der Waals surface area contributed by atoms with Crippen LogP contribution in [0.5, 0.6) is 11.5 Å². The van der Waals surface area contributed by atoms with Crippen LogP contribution in [0, 0.1) is 0 Å². The van der Waals surface area contributed by atoms with Crippen molar-refractivity contribution in [2.24, 2.45) is 5.10 Å². The van der Waals surface area contributed by atoms with E-state index >= 15 is 0 Å². The van der Waals surface area contributed by atoms with Gasteiger partial charge in [0.15, 0.2) is 17.3 Å². The quantitative estimate of drug-likeness (QED) is 0.574. The molecule has 0 aliphatic heterocycles. The van der Waals surface area contributed by atoms with Crippen LogP contribution in [0.3, 0.4) is 0 Å². The summed E-state index contributed by atoms with van der Waals surface area (Å²) in [5, 5.41) is 13.5. The maximum Gasteiger partial charge on any atom is 0.211 e. The van der Waals surface area contributed by atoms with E-state index in [0.717, 1.165) is 28.7 Å². The van der Waals surface area contributed by atoms with E-state index in [1.165, 1.54) is 11.8 Å². The normalized spacial score (nSPS) is 11.4. The second-order valence-corrected chi connectivity index (χ2v) is 5.86. The summed E-state index contributed by atoms with van der Waals surface area (Å²) in [6.45, 7) is 6.00. The number of thioether (sulfide) groups is 1. The minimum atomic E-state index is 0.0942. The lowest BCUT2D eigenvalue weighted by atomic mass is 10.2. The van der Waals surface area contributed by atoms with Crippen molar-refractivity contribution in [1.29, 1.82) is 0 Å². The van der Waals surface area contributed by atoms with Crippen LogP contribution in [0.1, 0.15) is 32.2 Å². The van der Waals surface area contributed by atoms with E-state index in [9.17, 15) is 0 Å². The van der Waals surface area contributed by atoms with Crippen LogP contribution in [-0.4, -0.2) is 40.6 Å². The first kappa shape index (κ1) is 17.3. The summed E-state index contributed by atoms with van der Waals surface area (Å²) in [5.41, 5.74) is 0.917. The lowest BCUT2D eigenvalue weighted by Crippen LogP contribution is -2.07. The van der Waals surface area contributed by atoms with Crippen molar-refractivity contribution >= 4 is 18.0 Å². The van der Waals surface area contributed by atoms with Gasteiger partial charge in [0, 0.05) is 6.42 Å². The summed E-state index contributed by atoms with van der Waals surface area (Å²) < 4.78 is 12.9. The number of hydrogen-bond acceptors (Lipinski definition) is 6. The highest BCUT2D eigenvalue weighted by molar-refractivity contribution is 7.98. The molecule has 6 nitrogen and oxygen atoms in total.